The van der Waals surface area contributed by atoms with Crippen molar-refractivity contribution in [2.45, 2.75) is 20.5 Å². The van der Waals surface area contributed by atoms with Gasteiger partial charge in [0.05, 0.1) is 10.2 Å². The summed E-state index contributed by atoms with van der Waals surface area (Å²) in [5.74, 6) is -0.780. The van der Waals surface area contributed by atoms with Crippen molar-refractivity contribution in [3.05, 3.63) is 111 Å². The highest BCUT2D eigenvalue weighted by atomic mass is 79.9. The summed E-state index contributed by atoms with van der Waals surface area (Å²) in [6.07, 6.45) is 1.47. The number of aryl methyl sites for hydroxylation is 2. The Bertz CT molecular complexity index is 1600. The summed E-state index contributed by atoms with van der Waals surface area (Å²) in [7, 11) is 0. The Kier molecular flexibility index (Phi) is 6.63. The first-order valence-electron chi connectivity index (χ1n) is 11.7. The number of hydrogen-bond donors (Lipinski definition) is 1. The van der Waals surface area contributed by atoms with Crippen LogP contribution in [-0.2, 0) is 16.2 Å². The fraction of sp³-hybridized carbons (Fsp3) is 0.100. The number of carbonyl (C=O) groups is 3. The minimum Gasteiger partial charge on any atom is -0.488 e. The monoisotopic (exact) mass is 554 g/mol. The molecule has 0 spiro atoms. The minimum atomic E-state index is -0.766. The Morgan fingerprint density at radius 3 is 2.49 bits per heavy atom. The third-order valence-corrected chi connectivity index (χ3v) is 6.84. The number of anilines is 1. The number of ether oxygens (including phenoxy) is 1. The van der Waals surface area contributed by atoms with E-state index in [1.54, 1.807) is 24.3 Å². The van der Waals surface area contributed by atoms with Crippen molar-refractivity contribution in [3.63, 3.8) is 0 Å². The van der Waals surface area contributed by atoms with E-state index in [1.165, 1.54) is 6.08 Å². The third kappa shape index (κ3) is 4.90. The average Bonchev–Trinajstić information content (AvgIpc) is 2.87. The number of carbonyl (C=O) groups excluding carboxylic acids is 3. The Balaban J connectivity index is 1.39. The molecule has 7 heteroatoms. The number of halogens is 1. The van der Waals surface area contributed by atoms with Crippen molar-refractivity contribution >= 4 is 56.3 Å². The molecule has 184 valence electrons. The fourth-order valence-corrected chi connectivity index (χ4v) is 4.91. The molecule has 0 aliphatic carbocycles. The van der Waals surface area contributed by atoms with Crippen molar-refractivity contribution < 1.29 is 19.1 Å². The summed E-state index contributed by atoms with van der Waals surface area (Å²) in [5, 5.41) is 4.55. The van der Waals surface area contributed by atoms with Gasteiger partial charge in [0.2, 0.25) is 0 Å². The van der Waals surface area contributed by atoms with Gasteiger partial charge in [-0.15, -0.1) is 0 Å². The lowest BCUT2D eigenvalue weighted by Gasteiger charge is -2.27. The van der Waals surface area contributed by atoms with Crippen molar-refractivity contribution in [1.29, 1.82) is 0 Å². The molecule has 0 atom stereocenters. The van der Waals surface area contributed by atoms with Crippen LogP contribution in [-0.4, -0.2) is 17.8 Å². The lowest BCUT2D eigenvalue weighted by atomic mass is 10.0. The number of fused-ring (bicyclic) bond motifs is 1. The molecule has 6 nitrogen and oxygen atoms in total. The summed E-state index contributed by atoms with van der Waals surface area (Å²) < 4.78 is 6.74. The Morgan fingerprint density at radius 1 is 0.919 bits per heavy atom. The molecule has 1 fully saturated rings. The standard InChI is InChI=1S/C30H23BrN2O4/c1-18-10-12-26(19(2)14-18)33-29(35)24(28(34)32-30(33)36)15-20-11-13-27(25(31)16-20)37-17-22-8-5-7-21-6-3-4-9-23(21)22/h3-16H,17H2,1-2H3,(H,32,34,36)/b24-15+. The normalized spacial score (nSPS) is 14.8. The zero-order valence-corrected chi connectivity index (χ0v) is 21.8. The maximum atomic E-state index is 13.2. The molecule has 0 unspecified atom stereocenters. The highest BCUT2D eigenvalue weighted by molar-refractivity contribution is 9.10. The van der Waals surface area contributed by atoms with Gasteiger partial charge in [0.15, 0.2) is 0 Å². The van der Waals surface area contributed by atoms with E-state index in [0.717, 1.165) is 32.4 Å². The number of barbiturate groups is 1. The summed E-state index contributed by atoms with van der Waals surface area (Å²) in [6, 6.07) is 24.2. The van der Waals surface area contributed by atoms with E-state index >= 15 is 0 Å². The number of nitrogens with one attached hydrogen (secondary N) is 1. The zero-order valence-electron chi connectivity index (χ0n) is 20.2. The number of hydrogen-bond acceptors (Lipinski definition) is 4. The molecule has 0 radical (unpaired) electrons. The van der Waals surface area contributed by atoms with Crippen molar-refractivity contribution in [3.8, 4) is 5.75 Å². The van der Waals surface area contributed by atoms with Crippen LogP contribution in [0.1, 0.15) is 22.3 Å². The molecule has 0 aromatic heterocycles. The summed E-state index contributed by atoms with van der Waals surface area (Å²) in [4.78, 5) is 39.4. The molecule has 1 aliphatic rings. The van der Waals surface area contributed by atoms with Crippen molar-refractivity contribution in [2.24, 2.45) is 0 Å². The molecule has 1 N–H and O–H groups in total. The Labute approximate surface area is 222 Å². The van der Waals surface area contributed by atoms with Gasteiger partial charge in [-0.3, -0.25) is 14.9 Å². The van der Waals surface area contributed by atoms with Gasteiger partial charge < -0.3 is 4.74 Å². The highest BCUT2D eigenvalue weighted by Crippen LogP contribution is 2.30. The number of amides is 4. The number of nitrogens with zero attached hydrogens (tertiary/aromatic N) is 1. The van der Waals surface area contributed by atoms with Crippen LogP contribution in [0.5, 0.6) is 5.75 Å². The second-order valence-corrected chi connectivity index (χ2v) is 9.72. The average molecular weight is 555 g/mol. The van der Waals surface area contributed by atoms with Crippen LogP contribution in [0.25, 0.3) is 16.8 Å². The van der Waals surface area contributed by atoms with Crippen molar-refractivity contribution in [1.82, 2.24) is 5.32 Å². The lowest BCUT2D eigenvalue weighted by Crippen LogP contribution is -2.54. The predicted molar refractivity (Wildman–Crippen MR) is 147 cm³/mol. The van der Waals surface area contributed by atoms with E-state index in [-0.39, 0.29) is 5.57 Å². The third-order valence-electron chi connectivity index (χ3n) is 6.22. The number of benzene rings is 4. The van der Waals surface area contributed by atoms with Gasteiger partial charge in [-0.2, -0.15) is 0 Å². The van der Waals surface area contributed by atoms with Crippen LogP contribution in [0, 0.1) is 13.8 Å². The molecule has 37 heavy (non-hydrogen) atoms. The molecular formula is C30H23BrN2O4. The van der Waals surface area contributed by atoms with E-state index in [1.807, 2.05) is 50.2 Å². The van der Waals surface area contributed by atoms with E-state index in [4.69, 9.17) is 4.74 Å². The number of imide groups is 2. The van der Waals surface area contributed by atoms with E-state index in [2.05, 4.69) is 39.4 Å². The molecule has 0 saturated carbocycles. The summed E-state index contributed by atoms with van der Waals surface area (Å²) in [6.45, 7) is 4.13. The van der Waals surface area contributed by atoms with Crippen LogP contribution in [0.3, 0.4) is 0 Å². The van der Waals surface area contributed by atoms with Gasteiger partial charge in [0, 0.05) is 0 Å². The van der Waals surface area contributed by atoms with Crippen LogP contribution >= 0.6 is 15.9 Å². The molecule has 0 bridgehead atoms. The van der Waals surface area contributed by atoms with Crippen molar-refractivity contribution in [2.75, 3.05) is 4.90 Å². The molecule has 1 aliphatic heterocycles. The zero-order chi connectivity index (χ0) is 26.1. The van der Waals surface area contributed by atoms with Gasteiger partial charge in [-0.25, -0.2) is 9.69 Å². The van der Waals surface area contributed by atoms with E-state index < -0.39 is 17.8 Å². The van der Waals surface area contributed by atoms with Crippen LogP contribution in [0.15, 0.2) is 88.9 Å². The topological polar surface area (TPSA) is 75.7 Å². The second-order valence-electron chi connectivity index (χ2n) is 8.86. The van der Waals surface area contributed by atoms with Gasteiger partial charge in [-0.05, 0) is 81.5 Å². The maximum absolute atomic E-state index is 13.2. The molecule has 1 heterocycles. The smallest absolute Gasteiger partial charge is 0.335 e. The molecule has 1 saturated heterocycles. The maximum Gasteiger partial charge on any atom is 0.335 e. The SMILES string of the molecule is Cc1ccc(N2C(=O)NC(=O)/C(=C\c3ccc(OCc4cccc5ccccc45)c(Br)c3)C2=O)c(C)c1. The van der Waals surface area contributed by atoms with E-state index in [0.29, 0.717) is 28.1 Å². The summed E-state index contributed by atoms with van der Waals surface area (Å²) >= 11 is 3.54. The Hall–Kier alpha value is -4.23. The quantitative estimate of drug-likeness (QED) is 0.227. The first kappa shape index (κ1) is 24.5. The highest BCUT2D eigenvalue weighted by Gasteiger charge is 2.37. The van der Waals surface area contributed by atoms with Gasteiger partial charge in [0.25, 0.3) is 11.8 Å². The molecular weight excluding hydrogens is 532 g/mol. The first-order chi connectivity index (χ1) is 17.8. The van der Waals surface area contributed by atoms with Gasteiger partial charge in [-0.1, -0.05) is 66.2 Å². The first-order valence-corrected chi connectivity index (χ1v) is 12.5. The minimum absolute atomic E-state index is 0.129. The van der Waals surface area contributed by atoms with Crippen LogP contribution in [0.4, 0.5) is 10.5 Å². The van der Waals surface area contributed by atoms with Crippen LogP contribution < -0.4 is 15.0 Å². The lowest BCUT2D eigenvalue weighted by molar-refractivity contribution is -0.122. The van der Waals surface area contributed by atoms with Gasteiger partial charge in [0.1, 0.15) is 17.9 Å². The fourth-order valence-electron chi connectivity index (χ4n) is 4.40. The largest absolute Gasteiger partial charge is 0.488 e. The summed E-state index contributed by atoms with van der Waals surface area (Å²) in [5.41, 5.74) is 3.74. The van der Waals surface area contributed by atoms with Gasteiger partial charge >= 0.3 is 6.03 Å². The van der Waals surface area contributed by atoms with Crippen LogP contribution in [0.2, 0.25) is 0 Å². The second kappa shape index (κ2) is 10.0. The number of rotatable bonds is 5. The number of urea groups is 1. The molecule has 5 rings (SSSR count). The predicted octanol–water partition coefficient (Wildman–Crippen LogP) is 6.46. The Morgan fingerprint density at radius 2 is 1.70 bits per heavy atom. The van der Waals surface area contributed by atoms with E-state index in [9.17, 15) is 14.4 Å². The molecule has 4 amide bonds. The molecule has 4 aromatic carbocycles. The molecule has 4 aromatic rings.